The molecule has 0 saturated heterocycles. The van der Waals surface area contributed by atoms with Gasteiger partial charge in [-0.3, -0.25) is 0 Å². The monoisotopic (exact) mass is 375 g/mol. The average Bonchev–Trinajstić information content (AvgIpc) is 1.89. The molecule has 5 unspecified atom stereocenters. The molecule has 10 heavy (non-hydrogen) atoms. The summed E-state index contributed by atoms with van der Waals surface area (Å²) in [7, 11) is 12.4. The topological polar surface area (TPSA) is 0 Å². The Labute approximate surface area is 89.1 Å². The van der Waals surface area contributed by atoms with Gasteiger partial charge in [-0.05, 0) is 15.6 Å². The van der Waals surface area contributed by atoms with Crippen LogP contribution in [0, 0.1) is 0 Å². The van der Waals surface area contributed by atoms with Crippen LogP contribution in [0.1, 0.15) is 0 Å². The molecule has 0 radical (unpaired) electrons. The zero-order chi connectivity index (χ0) is 6.95. The van der Waals surface area contributed by atoms with Crippen LogP contribution in [0.5, 0.6) is 0 Å². The zero-order valence-corrected chi connectivity index (χ0v) is 14.6. The van der Waals surface area contributed by atoms with Crippen LogP contribution in [0.25, 0.3) is 0 Å². The van der Waals surface area contributed by atoms with E-state index in [2.05, 4.69) is 15.6 Å². The second-order valence-corrected chi connectivity index (χ2v) is 20.2. The van der Waals surface area contributed by atoms with Crippen LogP contribution in [0.15, 0.2) is 0 Å². The fourth-order valence-electron chi connectivity index (χ4n) is 0.157. The van der Waals surface area contributed by atoms with Gasteiger partial charge in [-0.1, -0.05) is 0 Å². The predicted octanol–water partition coefficient (Wildman–Crippen LogP) is 5.45. The second kappa shape index (κ2) is 14.8. The standard InChI is InChI=1S/CH6P8.Pd/c1-3-5-7-9-8-6-4-2;/h3H,2H2,1H3;/p+3. The van der Waals surface area contributed by atoms with E-state index in [1.165, 1.54) is 30.9 Å². The molecular weight excluding hydrogens is 366 g/mol. The van der Waals surface area contributed by atoms with Crippen molar-refractivity contribution in [2.75, 3.05) is 6.66 Å². The molecule has 0 heterocycles. The van der Waals surface area contributed by atoms with Crippen molar-refractivity contribution >= 4 is 62.5 Å². The van der Waals surface area contributed by atoms with Gasteiger partial charge in [-0.25, -0.2) is 0 Å². The van der Waals surface area contributed by atoms with Crippen molar-refractivity contribution < 1.29 is 20.4 Å². The predicted molar refractivity (Wildman–Crippen MR) is 69.7 cm³/mol. The fourth-order valence-corrected chi connectivity index (χ4v) is 29.1. The molecule has 60 valence electrons. The van der Waals surface area contributed by atoms with Crippen LogP contribution >= 0.6 is 62.5 Å². The third-order valence-corrected chi connectivity index (χ3v) is 24.4. The first-order valence-corrected chi connectivity index (χ1v) is 16.1. The summed E-state index contributed by atoms with van der Waals surface area (Å²) in [6, 6.07) is 0. The molecular formula is CH9P8Pd+3. The van der Waals surface area contributed by atoms with Crippen LogP contribution in [0.2, 0.25) is 0 Å². The summed E-state index contributed by atoms with van der Waals surface area (Å²) < 4.78 is 0. The number of hydrogen-bond acceptors (Lipinski definition) is 0. The molecule has 0 nitrogen and oxygen atoms in total. The quantitative estimate of drug-likeness (QED) is 0.455. The van der Waals surface area contributed by atoms with E-state index in [4.69, 9.17) is 0 Å². The summed E-state index contributed by atoms with van der Waals surface area (Å²) in [5.41, 5.74) is 0. The van der Waals surface area contributed by atoms with E-state index in [-0.39, 0.29) is 20.4 Å². The van der Waals surface area contributed by atoms with Gasteiger partial charge in [0.25, 0.3) is 7.56 Å². The normalized spacial score (nSPS) is 12.6. The molecule has 0 bridgehead atoms. The molecule has 0 amide bonds. The Morgan fingerprint density at radius 3 is 2.50 bits per heavy atom. The Kier molecular flexibility index (Phi) is 23.4. The maximum Gasteiger partial charge on any atom is 0.382 e. The van der Waals surface area contributed by atoms with Crippen molar-refractivity contribution in [2.24, 2.45) is 0 Å². The van der Waals surface area contributed by atoms with Gasteiger partial charge in [-0.15, -0.1) is 0 Å². The molecule has 0 N–H and O–H groups in total. The van der Waals surface area contributed by atoms with E-state index >= 15 is 0 Å². The Morgan fingerprint density at radius 1 is 1.30 bits per heavy atom. The first-order chi connectivity index (χ1) is 4.41. The summed E-state index contributed by atoms with van der Waals surface area (Å²) in [5, 5.41) is 0. The van der Waals surface area contributed by atoms with Gasteiger partial charge in [0, 0.05) is 20.4 Å². The Hall–Kier alpha value is 3.32. The van der Waals surface area contributed by atoms with E-state index < -0.39 is 0 Å². The molecule has 0 rings (SSSR count). The van der Waals surface area contributed by atoms with Gasteiger partial charge in [0.1, 0.15) is 15.8 Å². The molecule has 0 aliphatic carbocycles. The van der Waals surface area contributed by atoms with Crippen molar-refractivity contribution in [1.29, 1.82) is 0 Å². The maximum atomic E-state index is 2.76. The molecule has 0 saturated carbocycles. The zero-order valence-electron chi connectivity index (χ0n) is 5.24. The molecule has 5 atom stereocenters. The summed E-state index contributed by atoms with van der Waals surface area (Å²) in [5.74, 6) is 0. The van der Waals surface area contributed by atoms with Gasteiger partial charge < -0.3 is 0 Å². The minimum atomic E-state index is 0. The molecule has 0 spiro atoms. The van der Waals surface area contributed by atoms with E-state index in [9.17, 15) is 0 Å². The third kappa shape index (κ3) is 13.9. The van der Waals surface area contributed by atoms with E-state index in [1.807, 2.05) is 0 Å². The van der Waals surface area contributed by atoms with Gasteiger partial charge >= 0.3 is 15.1 Å². The minimum absolute atomic E-state index is 0. The van der Waals surface area contributed by atoms with E-state index in [0.717, 1.165) is 7.56 Å². The van der Waals surface area contributed by atoms with Crippen LogP contribution in [-0.2, 0) is 20.4 Å². The van der Waals surface area contributed by atoms with Gasteiger partial charge in [-0.2, -0.15) is 0 Å². The smallest absolute Gasteiger partial charge is 0.0343 e. The van der Waals surface area contributed by atoms with Crippen molar-refractivity contribution in [3.05, 3.63) is 0 Å². The van der Waals surface area contributed by atoms with Crippen molar-refractivity contribution in [3.8, 4) is 0 Å². The van der Waals surface area contributed by atoms with E-state index in [0.29, 0.717) is 0 Å². The molecule has 0 aliphatic heterocycles. The minimum Gasteiger partial charge on any atom is -0.0343 e. The van der Waals surface area contributed by atoms with Crippen LogP contribution in [0.3, 0.4) is 0 Å². The van der Waals surface area contributed by atoms with Crippen LogP contribution in [-0.4, -0.2) is 6.66 Å². The number of rotatable bonds is 3. The van der Waals surface area contributed by atoms with E-state index in [1.54, 1.807) is 15.1 Å². The third-order valence-electron chi connectivity index (χ3n) is 0.375. The number of hydrogen-bond donors (Lipinski definition) is 0. The summed E-state index contributed by atoms with van der Waals surface area (Å²) >= 11 is 0. The van der Waals surface area contributed by atoms with Crippen molar-refractivity contribution in [3.63, 3.8) is 0 Å². The van der Waals surface area contributed by atoms with Crippen LogP contribution in [0.4, 0.5) is 0 Å². The Morgan fingerprint density at radius 2 is 2.00 bits per heavy atom. The molecule has 0 fully saturated rings. The average molecular weight is 375 g/mol. The van der Waals surface area contributed by atoms with Gasteiger partial charge in [0.05, 0.1) is 0 Å². The van der Waals surface area contributed by atoms with Gasteiger partial charge in [0.2, 0.25) is 7.56 Å². The molecule has 0 aromatic heterocycles. The molecule has 0 aliphatic rings. The van der Waals surface area contributed by atoms with Crippen molar-refractivity contribution in [2.45, 2.75) is 0 Å². The Balaban J connectivity index is 0. The molecule has 0 aromatic rings. The first-order valence-electron chi connectivity index (χ1n) is 2.13. The van der Waals surface area contributed by atoms with Crippen LogP contribution < -0.4 is 0 Å². The summed E-state index contributed by atoms with van der Waals surface area (Å²) in [4.78, 5) is 0. The second-order valence-electron chi connectivity index (χ2n) is 0.915. The Bertz CT molecular complexity index is 125. The first kappa shape index (κ1) is 15.8. The maximum absolute atomic E-state index is 2.76. The SMILES string of the molecule is CP[PH+]=P[PH+]=P[PH+]=PP.[Pd]. The molecule has 9 heteroatoms. The van der Waals surface area contributed by atoms with Crippen molar-refractivity contribution in [1.82, 2.24) is 0 Å². The van der Waals surface area contributed by atoms with Gasteiger partial charge in [0.15, 0.2) is 7.56 Å². The molecule has 0 aromatic carbocycles. The summed E-state index contributed by atoms with van der Waals surface area (Å²) in [6.45, 7) is 2.29. The largest absolute Gasteiger partial charge is 0.382 e. The fraction of sp³-hybridized carbons (Fsp3) is 1.00. The summed E-state index contributed by atoms with van der Waals surface area (Å²) in [6.07, 6.45) is 0.